The van der Waals surface area contributed by atoms with Gasteiger partial charge in [-0.3, -0.25) is 9.09 Å². The number of phosphoric acid groups is 3. The number of nitrogens with zero attached hydrogens (tertiary/aromatic N) is 2. The molecule has 0 bridgehead atoms. The van der Waals surface area contributed by atoms with Gasteiger partial charge in [0.05, 0.1) is 0 Å². The van der Waals surface area contributed by atoms with E-state index in [1.165, 1.54) is 33.9 Å². The summed E-state index contributed by atoms with van der Waals surface area (Å²) in [5.41, 5.74) is 3.44. The second-order valence-corrected chi connectivity index (χ2v) is 13.3. The van der Waals surface area contributed by atoms with Crippen molar-refractivity contribution in [1.82, 2.24) is 9.55 Å². The molecule has 1 aromatic rings. The molecule has 1 aromatic heterocycles. The first-order valence-electron chi connectivity index (χ1n) is 8.30. The highest BCUT2D eigenvalue weighted by molar-refractivity contribution is 8.76. The minimum atomic E-state index is -5.67. The summed E-state index contributed by atoms with van der Waals surface area (Å²) in [5, 5.41) is 0. The molecule has 1 saturated carbocycles. The maximum absolute atomic E-state index is 12.2. The van der Waals surface area contributed by atoms with Crippen LogP contribution in [0.15, 0.2) is 17.1 Å². The lowest BCUT2D eigenvalue weighted by Gasteiger charge is -2.22. The molecule has 182 valence electrons. The van der Waals surface area contributed by atoms with Crippen LogP contribution >= 0.6 is 45.1 Å². The highest BCUT2D eigenvalue weighted by atomic mass is 33.1. The quantitative estimate of drug-likeness (QED) is 0.108. The predicted octanol–water partition coefficient (Wildman–Crippen LogP) is 0.563. The lowest BCUT2D eigenvalue weighted by Crippen LogP contribution is -2.31. The van der Waals surface area contributed by atoms with Gasteiger partial charge in [-0.25, -0.2) is 18.5 Å². The minimum Gasteiger partial charge on any atom is -0.383 e. The molecule has 21 heteroatoms. The fraction of sp³-hybridized carbons (Fsp3) is 0.636. The van der Waals surface area contributed by atoms with E-state index in [0.29, 0.717) is 0 Å². The van der Waals surface area contributed by atoms with Crippen LogP contribution in [0.3, 0.4) is 0 Å². The van der Waals surface area contributed by atoms with Gasteiger partial charge in [0.15, 0.2) is 0 Å². The number of fused-ring (bicyclic) bond motifs is 1. The zero-order chi connectivity index (χ0) is 23.9. The molecule has 6 N–H and O–H groups in total. The molecule has 0 amide bonds. The van der Waals surface area contributed by atoms with E-state index in [1.807, 2.05) is 0 Å². The van der Waals surface area contributed by atoms with Crippen molar-refractivity contribution in [3.8, 4) is 0 Å². The Morgan fingerprint density at radius 1 is 1.28 bits per heavy atom. The molecule has 3 rings (SSSR count). The Labute approximate surface area is 187 Å². The monoisotopic (exact) mass is 557 g/mol. The number of nitrogen functional groups attached to an aromatic ring is 1. The molecule has 0 radical (unpaired) electrons. The lowest BCUT2D eigenvalue weighted by molar-refractivity contribution is -0.0211. The molecule has 1 saturated heterocycles. The molecule has 2 fully saturated rings. The minimum absolute atomic E-state index is 0.00211. The Morgan fingerprint density at radius 2 is 1.97 bits per heavy atom. The molecule has 1 aliphatic carbocycles. The molecule has 2 heterocycles. The first-order chi connectivity index (χ1) is 14.7. The maximum atomic E-state index is 12.2. The van der Waals surface area contributed by atoms with E-state index < -0.39 is 53.2 Å². The Balaban J connectivity index is 1.74. The highest BCUT2D eigenvalue weighted by Crippen LogP contribution is 2.69. The topological polar surface area (TPSA) is 239 Å². The normalized spacial score (nSPS) is 31.0. The molecule has 16 nitrogen and oxygen atoms in total. The summed E-state index contributed by atoms with van der Waals surface area (Å²) in [7, 11) is -13.9. The van der Waals surface area contributed by atoms with E-state index in [-0.39, 0.29) is 18.2 Å². The van der Waals surface area contributed by atoms with Crippen LogP contribution in [-0.4, -0.2) is 59.1 Å². The Bertz CT molecular complexity index is 1070. The summed E-state index contributed by atoms with van der Waals surface area (Å²) < 4.78 is 59.3. The third-order valence-corrected chi connectivity index (χ3v) is 9.51. The van der Waals surface area contributed by atoms with Crippen molar-refractivity contribution in [3.63, 3.8) is 0 Å². The van der Waals surface area contributed by atoms with Crippen LogP contribution in [0.2, 0.25) is 0 Å². The van der Waals surface area contributed by atoms with Gasteiger partial charge in [-0.1, -0.05) is 21.6 Å². The first kappa shape index (κ1) is 26.3. The standard InChI is InChI=1S/C11H18N3O13P3S2/c1-31-32-5-23-11-4-7(14-3-2-6(12)13-10(14)15)24-8(11)9(11)25-29(19,20)27-30(21,22)26-28(16,17)18/h2-3,7-9H,4-5H2,1H3,(H,19,20)(H,21,22)(H2,12,13,15)(H2,16,17,18)/t7-,8-,9?,11+/m1/s1. The van der Waals surface area contributed by atoms with Crippen molar-refractivity contribution in [3.05, 3.63) is 22.7 Å². The van der Waals surface area contributed by atoms with Gasteiger partial charge in [0, 0.05) is 12.6 Å². The Morgan fingerprint density at radius 3 is 2.56 bits per heavy atom. The van der Waals surface area contributed by atoms with E-state index in [9.17, 15) is 28.3 Å². The number of anilines is 1. The highest BCUT2D eigenvalue weighted by Gasteiger charge is 2.76. The number of ether oxygens (including phenoxy) is 2. The predicted molar refractivity (Wildman–Crippen MR) is 110 cm³/mol. The SMILES string of the molecule is CSSCO[C@@]12C[C@H](n3ccc(N)nc3=O)O[C@@H]1C2OP(=O)(O)OP(=O)(O)OP(=O)(O)O. The van der Waals surface area contributed by atoms with E-state index in [1.54, 1.807) is 6.26 Å². The van der Waals surface area contributed by atoms with Gasteiger partial charge >= 0.3 is 29.2 Å². The Hall–Kier alpha value is -0.290. The second kappa shape index (κ2) is 9.40. The van der Waals surface area contributed by atoms with Crippen LogP contribution in [0.5, 0.6) is 0 Å². The molecule has 1 aliphatic heterocycles. The maximum Gasteiger partial charge on any atom is 0.490 e. The van der Waals surface area contributed by atoms with Gasteiger partial charge in [0.2, 0.25) is 0 Å². The second-order valence-electron chi connectivity index (χ2n) is 6.38. The fourth-order valence-corrected chi connectivity index (χ4v) is 7.09. The number of rotatable bonds is 11. The molecule has 6 atom stereocenters. The smallest absolute Gasteiger partial charge is 0.383 e. The van der Waals surface area contributed by atoms with E-state index in [2.05, 4.69) is 13.6 Å². The van der Waals surface area contributed by atoms with Crippen LogP contribution in [0.25, 0.3) is 0 Å². The first-order valence-corrected chi connectivity index (χ1v) is 15.5. The average Bonchev–Trinajstić information content (AvgIpc) is 2.97. The summed E-state index contributed by atoms with van der Waals surface area (Å²) in [6.07, 6.45) is -0.0255. The molecule has 0 aromatic carbocycles. The molecule has 32 heavy (non-hydrogen) atoms. The van der Waals surface area contributed by atoms with Gasteiger partial charge in [0.1, 0.15) is 35.8 Å². The van der Waals surface area contributed by atoms with Crippen molar-refractivity contribution in [1.29, 1.82) is 0 Å². The number of nitrogens with two attached hydrogens (primary N) is 1. The third-order valence-electron chi connectivity index (χ3n) is 4.24. The van der Waals surface area contributed by atoms with Crippen molar-refractivity contribution in [2.24, 2.45) is 0 Å². The number of hydrogen-bond acceptors (Lipinski definition) is 13. The van der Waals surface area contributed by atoms with Crippen molar-refractivity contribution < 1.29 is 55.9 Å². The van der Waals surface area contributed by atoms with Crippen molar-refractivity contribution in [2.75, 3.05) is 17.9 Å². The lowest BCUT2D eigenvalue weighted by atomic mass is 10.2. The number of phosphoric ester groups is 1. The van der Waals surface area contributed by atoms with Crippen molar-refractivity contribution in [2.45, 2.75) is 30.5 Å². The molecule has 2 aliphatic rings. The fourth-order valence-electron chi connectivity index (χ4n) is 3.06. The van der Waals surface area contributed by atoms with Crippen molar-refractivity contribution >= 4 is 50.9 Å². The molecular weight excluding hydrogens is 539 g/mol. The summed E-state index contributed by atoms with van der Waals surface area (Å²) in [6, 6.07) is 1.37. The van der Waals surface area contributed by atoms with Crippen LogP contribution in [0.1, 0.15) is 12.6 Å². The van der Waals surface area contributed by atoms with Crippen LogP contribution in [-0.2, 0) is 36.3 Å². The molecular formula is C11H18N3O13P3S2. The summed E-state index contributed by atoms with van der Waals surface area (Å²) in [5.74, 6) is 0.0982. The van der Waals surface area contributed by atoms with E-state index in [0.717, 1.165) is 4.57 Å². The van der Waals surface area contributed by atoms with E-state index >= 15 is 0 Å². The average molecular weight is 557 g/mol. The largest absolute Gasteiger partial charge is 0.490 e. The third kappa shape index (κ3) is 6.23. The summed E-state index contributed by atoms with van der Waals surface area (Å²) in [4.78, 5) is 51.9. The zero-order valence-corrected chi connectivity index (χ0v) is 20.2. The van der Waals surface area contributed by atoms with Crippen LogP contribution < -0.4 is 11.4 Å². The number of hydrogen-bond donors (Lipinski definition) is 5. The zero-order valence-electron chi connectivity index (χ0n) is 15.9. The van der Waals surface area contributed by atoms with Crippen LogP contribution in [0.4, 0.5) is 5.82 Å². The Kier molecular flexibility index (Phi) is 7.73. The van der Waals surface area contributed by atoms with Gasteiger partial charge < -0.3 is 34.8 Å². The van der Waals surface area contributed by atoms with Gasteiger partial charge in [0.25, 0.3) is 0 Å². The van der Waals surface area contributed by atoms with Gasteiger partial charge in [-0.2, -0.15) is 13.6 Å². The number of aromatic nitrogens is 2. The summed E-state index contributed by atoms with van der Waals surface area (Å²) in [6.45, 7) is 0. The summed E-state index contributed by atoms with van der Waals surface area (Å²) >= 11 is 0. The molecule has 3 unspecified atom stereocenters. The van der Waals surface area contributed by atoms with E-state index in [4.69, 9.17) is 29.5 Å². The van der Waals surface area contributed by atoms with Gasteiger partial charge in [-0.15, -0.1) is 0 Å². The molecule has 0 spiro atoms. The van der Waals surface area contributed by atoms with Crippen LogP contribution in [0, 0.1) is 0 Å². The van der Waals surface area contributed by atoms with Gasteiger partial charge in [-0.05, 0) is 12.3 Å².